The van der Waals surface area contributed by atoms with E-state index in [-0.39, 0.29) is 0 Å². The first-order chi connectivity index (χ1) is 6.33. The molecule has 1 aromatic carbocycles. The molecule has 2 heteroatoms. The number of hydrogen-bond donors (Lipinski definition) is 0. The van der Waals surface area contributed by atoms with Crippen LogP contribution in [0.2, 0.25) is 0 Å². The van der Waals surface area contributed by atoms with Crippen LogP contribution in [0.15, 0.2) is 24.3 Å². The number of rotatable bonds is 1. The van der Waals surface area contributed by atoms with Crippen LogP contribution in [-0.2, 0) is 4.74 Å². The highest BCUT2D eigenvalue weighted by Gasteiger charge is 1.94. The third kappa shape index (κ3) is 3.85. The molecule has 13 heavy (non-hydrogen) atoms. The number of carbonyl (C=O) groups is 1. The van der Waals surface area contributed by atoms with Crippen molar-refractivity contribution in [3.8, 4) is 0 Å². The topological polar surface area (TPSA) is 26.3 Å². The summed E-state index contributed by atoms with van der Waals surface area (Å²) in [5.41, 5.74) is 1.92. The lowest BCUT2D eigenvalue weighted by molar-refractivity contribution is 0.0367. The number of benzene rings is 1. The van der Waals surface area contributed by atoms with Crippen LogP contribution < -0.4 is 0 Å². The zero-order chi connectivity index (χ0) is 9.52. The first-order valence-corrected chi connectivity index (χ1v) is 4.42. The van der Waals surface area contributed by atoms with Gasteiger partial charge in [-0.2, -0.15) is 0 Å². The van der Waals surface area contributed by atoms with Crippen molar-refractivity contribution in [2.45, 2.75) is 13.3 Å². The standard InChI is InChI=1S/C8H8O.C3H6O/c1-7-2-4-8(6-9)5-3-7;1-2-4-3-1/h2-6H,1H3;1-3H2. The second-order valence-corrected chi connectivity index (χ2v) is 2.99. The summed E-state index contributed by atoms with van der Waals surface area (Å²) in [6.45, 7) is 3.99. The van der Waals surface area contributed by atoms with Gasteiger partial charge in [-0.25, -0.2) is 0 Å². The molecule has 0 atom stereocenters. The van der Waals surface area contributed by atoms with Crippen LogP contribution in [0.3, 0.4) is 0 Å². The fourth-order valence-electron chi connectivity index (χ4n) is 0.789. The van der Waals surface area contributed by atoms with Gasteiger partial charge in [-0.1, -0.05) is 29.8 Å². The van der Waals surface area contributed by atoms with E-state index in [9.17, 15) is 4.79 Å². The molecule has 0 bridgehead atoms. The summed E-state index contributed by atoms with van der Waals surface area (Å²) in [6.07, 6.45) is 2.12. The number of aryl methyl sites for hydroxylation is 1. The van der Waals surface area contributed by atoms with E-state index in [0.29, 0.717) is 0 Å². The monoisotopic (exact) mass is 178 g/mol. The van der Waals surface area contributed by atoms with Gasteiger partial charge in [0.15, 0.2) is 0 Å². The van der Waals surface area contributed by atoms with Crippen molar-refractivity contribution < 1.29 is 9.53 Å². The predicted octanol–water partition coefficient (Wildman–Crippen LogP) is 2.21. The Morgan fingerprint density at radius 1 is 1.23 bits per heavy atom. The second kappa shape index (κ2) is 5.49. The molecule has 2 rings (SSSR count). The predicted molar refractivity (Wildman–Crippen MR) is 52.0 cm³/mol. The average Bonchev–Trinajstić information content (AvgIpc) is 2.03. The van der Waals surface area contributed by atoms with Crippen LogP contribution in [0.5, 0.6) is 0 Å². The van der Waals surface area contributed by atoms with Crippen molar-refractivity contribution in [1.29, 1.82) is 0 Å². The molecule has 1 fully saturated rings. The Kier molecular flexibility index (Phi) is 4.19. The Morgan fingerprint density at radius 2 is 1.69 bits per heavy atom. The first kappa shape index (κ1) is 9.93. The molecule has 0 radical (unpaired) electrons. The highest BCUT2D eigenvalue weighted by Crippen LogP contribution is 1.98. The molecule has 0 unspecified atom stereocenters. The van der Waals surface area contributed by atoms with Gasteiger partial charge < -0.3 is 4.74 Å². The molecule has 0 aliphatic carbocycles. The number of hydrogen-bond acceptors (Lipinski definition) is 2. The molecule has 0 N–H and O–H groups in total. The SMILES string of the molecule is C1COC1.Cc1ccc(C=O)cc1. The smallest absolute Gasteiger partial charge is 0.150 e. The lowest BCUT2D eigenvalue weighted by Crippen LogP contribution is -2.09. The molecular weight excluding hydrogens is 164 g/mol. The van der Waals surface area contributed by atoms with E-state index in [1.165, 1.54) is 12.0 Å². The summed E-state index contributed by atoms with van der Waals surface area (Å²) in [7, 11) is 0. The summed E-state index contributed by atoms with van der Waals surface area (Å²) in [5, 5.41) is 0. The van der Waals surface area contributed by atoms with Gasteiger partial charge in [0.25, 0.3) is 0 Å². The minimum absolute atomic E-state index is 0.737. The highest BCUT2D eigenvalue weighted by atomic mass is 16.5. The van der Waals surface area contributed by atoms with Crippen molar-refractivity contribution in [1.82, 2.24) is 0 Å². The summed E-state index contributed by atoms with van der Waals surface area (Å²) >= 11 is 0. The van der Waals surface area contributed by atoms with E-state index in [1.807, 2.05) is 31.2 Å². The van der Waals surface area contributed by atoms with Crippen molar-refractivity contribution in [2.24, 2.45) is 0 Å². The quantitative estimate of drug-likeness (QED) is 0.616. The molecule has 1 saturated heterocycles. The van der Waals surface area contributed by atoms with Gasteiger partial charge >= 0.3 is 0 Å². The molecule has 70 valence electrons. The van der Waals surface area contributed by atoms with Crippen LogP contribution in [-0.4, -0.2) is 19.5 Å². The molecule has 1 aromatic rings. The number of aldehydes is 1. The Morgan fingerprint density at radius 3 is 2.00 bits per heavy atom. The van der Waals surface area contributed by atoms with Crippen LogP contribution in [0.25, 0.3) is 0 Å². The van der Waals surface area contributed by atoms with Crippen LogP contribution >= 0.6 is 0 Å². The van der Waals surface area contributed by atoms with E-state index < -0.39 is 0 Å². The zero-order valence-corrected chi connectivity index (χ0v) is 7.82. The Hall–Kier alpha value is -1.15. The fourth-order valence-corrected chi connectivity index (χ4v) is 0.789. The number of ether oxygens (including phenoxy) is 1. The van der Waals surface area contributed by atoms with Crippen LogP contribution in [0.4, 0.5) is 0 Å². The molecule has 1 heterocycles. The second-order valence-electron chi connectivity index (χ2n) is 2.99. The van der Waals surface area contributed by atoms with E-state index in [1.54, 1.807) is 0 Å². The lowest BCUT2D eigenvalue weighted by Gasteiger charge is -2.09. The molecule has 0 aromatic heterocycles. The normalized spacial score (nSPS) is 13.6. The van der Waals surface area contributed by atoms with Gasteiger partial charge in [0.05, 0.1) is 0 Å². The first-order valence-electron chi connectivity index (χ1n) is 4.42. The third-order valence-corrected chi connectivity index (χ3v) is 1.79. The van der Waals surface area contributed by atoms with Crippen LogP contribution in [0, 0.1) is 6.92 Å². The van der Waals surface area contributed by atoms with Gasteiger partial charge in [0.1, 0.15) is 6.29 Å². The maximum Gasteiger partial charge on any atom is 0.150 e. The van der Waals surface area contributed by atoms with E-state index in [4.69, 9.17) is 4.74 Å². The average molecular weight is 178 g/mol. The molecule has 0 amide bonds. The highest BCUT2D eigenvalue weighted by molar-refractivity contribution is 5.74. The maximum atomic E-state index is 10.1. The minimum atomic E-state index is 0.737. The van der Waals surface area contributed by atoms with Gasteiger partial charge in [0, 0.05) is 18.8 Å². The Bertz CT molecular complexity index is 243. The molecular formula is C11H14O2. The van der Waals surface area contributed by atoms with Gasteiger partial charge in [-0.15, -0.1) is 0 Å². The summed E-state index contributed by atoms with van der Waals surface area (Å²) in [4.78, 5) is 10.1. The Balaban J connectivity index is 0.000000175. The van der Waals surface area contributed by atoms with Gasteiger partial charge in [-0.05, 0) is 13.3 Å². The van der Waals surface area contributed by atoms with Crippen molar-refractivity contribution in [2.75, 3.05) is 13.2 Å². The largest absolute Gasteiger partial charge is 0.381 e. The third-order valence-electron chi connectivity index (χ3n) is 1.79. The van der Waals surface area contributed by atoms with E-state index in [0.717, 1.165) is 25.1 Å². The van der Waals surface area contributed by atoms with E-state index in [2.05, 4.69) is 0 Å². The van der Waals surface area contributed by atoms with Crippen molar-refractivity contribution >= 4 is 6.29 Å². The van der Waals surface area contributed by atoms with Gasteiger partial charge in [0.2, 0.25) is 0 Å². The van der Waals surface area contributed by atoms with E-state index >= 15 is 0 Å². The molecule has 0 saturated carbocycles. The number of carbonyl (C=O) groups excluding carboxylic acids is 1. The maximum absolute atomic E-state index is 10.1. The van der Waals surface area contributed by atoms with Crippen molar-refractivity contribution in [3.63, 3.8) is 0 Å². The summed E-state index contributed by atoms with van der Waals surface area (Å²) in [6, 6.07) is 7.46. The lowest BCUT2D eigenvalue weighted by atomic mass is 10.2. The van der Waals surface area contributed by atoms with Crippen LogP contribution in [0.1, 0.15) is 22.3 Å². The zero-order valence-electron chi connectivity index (χ0n) is 7.82. The fraction of sp³-hybridized carbons (Fsp3) is 0.364. The van der Waals surface area contributed by atoms with Crippen molar-refractivity contribution in [3.05, 3.63) is 35.4 Å². The molecule has 1 aliphatic rings. The summed E-state index contributed by atoms with van der Waals surface area (Å²) < 4.78 is 4.72. The minimum Gasteiger partial charge on any atom is -0.381 e. The molecule has 2 nitrogen and oxygen atoms in total. The molecule has 0 spiro atoms. The molecule has 1 aliphatic heterocycles. The summed E-state index contributed by atoms with van der Waals surface area (Å²) in [5.74, 6) is 0. The van der Waals surface area contributed by atoms with Gasteiger partial charge in [-0.3, -0.25) is 4.79 Å². The Labute approximate surface area is 78.5 Å².